The third-order valence-electron chi connectivity index (χ3n) is 6.13. The van der Waals surface area contributed by atoms with Crippen molar-refractivity contribution in [3.8, 4) is 11.5 Å². The normalized spacial score (nSPS) is 27.5. The first-order valence-electron chi connectivity index (χ1n) is 9.33. The van der Waals surface area contributed by atoms with Crippen LogP contribution in [0.25, 0.3) is 0 Å². The predicted octanol–water partition coefficient (Wildman–Crippen LogP) is 2.15. The third kappa shape index (κ3) is 3.47. The van der Waals surface area contributed by atoms with Gasteiger partial charge >= 0.3 is 0 Å². The van der Waals surface area contributed by atoms with E-state index in [-0.39, 0.29) is 18.6 Å². The molecule has 1 amide bonds. The van der Waals surface area contributed by atoms with Gasteiger partial charge in [-0.3, -0.25) is 0 Å². The lowest BCUT2D eigenvalue weighted by molar-refractivity contribution is -0.264. The number of aliphatic hydroxyl groups is 1. The molecule has 1 saturated carbocycles. The number of hydrogen-bond donors (Lipinski definition) is 1. The van der Waals surface area contributed by atoms with E-state index >= 15 is 0 Å². The molecular formula is C20H28NO5-. The maximum Gasteiger partial charge on any atom is 0.161 e. The van der Waals surface area contributed by atoms with Gasteiger partial charge in [-0.15, -0.1) is 0 Å². The number of likely N-dealkylation sites (tertiary alicyclic amines) is 1. The molecule has 1 saturated heterocycles. The van der Waals surface area contributed by atoms with Gasteiger partial charge in [0.2, 0.25) is 0 Å². The quantitative estimate of drug-likeness (QED) is 0.868. The molecule has 0 spiro atoms. The van der Waals surface area contributed by atoms with E-state index in [4.69, 9.17) is 9.47 Å². The molecule has 1 aliphatic carbocycles. The highest BCUT2D eigenvalue weighted by Gasteiger charge is 2.47. The van der Waals surface area contributed by atoms with Crippen LogP contribution in [0.3, 0.4) is 0 Å². The molecule has 2 aliphatic rings. The van der Waals surface area contributed by atoms with Gasteiger partial charge in [0.15, 0.2) is 11.5 Å². The van der Waals surface area contributed by atoms with Crippen LogP contribution >= 0.6 is 0 Å². The van der Waals surface area contributed by atoms with Gasteiger partial charge in [-0.1, -0.05) is 13.0 Å². The number of carboxylic acid groups (broad SMARTS) is 1. The van der Waals surface area contributed by atoms with Gasteiger partial charge in [-0.2, -0.15) is 0 Å². The number of hydrogen-bond acceptors (Lipinski definition) is 5. The second kappa shape index (κ2) is 7.35. The third-order valence-corrected chi connectivity index (χ3v) is 6.13. The summed E-state index contributed by atoms with van der Waals surface area (Å²) < 4.78 is 11.6. The lowest BCUT2D eigenvalue weighted by atomic mass is 9.72. The predicted molar refractivity (Wildman–Crippen MR) is 95.4 cm³/mol. The number of ether oxygens (including phenoxy) is 2. The van der Waals surface area contributed by atoms with Crippen LogP contribution in [-0.4, -0.2) is 48.5 Å². The zero-order chi connectivity index (χ0) is 18.9. The summed E-state index contributed by atoms with van der Waals surface area (Å²) in [6.07, 6.45) is 2.78. The second-order valence-corrected chi connectivity index (χ2v) is 7.82. The van der Waals surface area contributed by atoms with Crippen LogP contribution in [0.4, 0.5) is 4.79 Å². The standard InChI is InChI=1S/C20H29NO5/c1-13(22)20(2)12-21(19(23)24)11-16(20)14-8-9-17(25-3)18(10-14)26-15-6-4-5-7-15/h8-10,13,15-16,22H,4-7,11-12H2,1-3H3,(H,23,24)/p-1. The first-order valence-corrected chi connectivity index (χ1v) is 9.33. The van der Waals surface area contributed by atoms with Gasteiger partial charge in [-0.05, 0) is 50.3 Å². The molecule has 144 valence electrons. The molecule has 1 aromatic carbocycles. The van der Waals surface area contributed by atoms with Crippen LogP contribution in [0.5, 0.6) is 11.5 Å². The van der Waals surface area contributed by atoms with E-state index in [2.05, 4.69) is 0 Å². The smallest absolute Gasteiger partial charge is 0.161 e. The average molecular weight is 362 g/mol. The molecule has 1 N–H and O–H groups in total. The zero-order valence-electron chi connectivity index (χ0n) is 15.7. The monoisotopic (exact) mass is 362 g/mol. The van der Waals surface area contributed by atoms with Gasteiger partial charge in [0.25, 0.3) is 0 Å². The molecule has 3 atom stereocenters. The van der Waals surface area contributed by atoms with Crippen molar-refractivity contribution in [3.05, 3.63) is 23.8 Å². The minimum Gasteiger partial charge on any atom is -0.530 e. The largest absolute Gasteiger partial charge is 0.530 e. The summed E-state index contributed by atoms with van der Waals surface area (Å²) in [6.45, 7) is 4.19. The van der Waals surface area contributed by atoms with Crippen molar-refractivity contribution in [2.75, 3.05) is 20.2 Å². The van der Waals surface area contributed by atoms with Crippen molar-refractivity contribution in [2.45, 2.75) is 57.7 Å². The summed E-state index contributed by atoms with van der Waals surface area (Å²) in [5.41, 5.74) is 0.366. The van der Waals surface area contributed by atoms with Crippen LogP contribution in [0.1, 0.15) is 51.0 Å². The lowest BCUT2D eigenvalue weighted by Gasteiger charge is -2.34. The number of amides is 1. The molecule has 1 heterocycles. The van der Waals surface area contributed by atoms with Crippen LogP contribution in [0.15, 0.2) is 18.2 Å². The Balaban J connectivity index is 1.92. The fourth-order valence-electron chi connectivity index (χ4n) is 4.25. The minimum absolute atomic E-state index is 0.141. The first kappa shape index (κ1) is 18.8. The fraction of sp³-hybridized carbons (Fsp3) is 0.650. The molecule has 3 unspecified atom stereocenters. The summed E-state index contributed by atoms with van der Waals surface area (Å²) in [6, 6.07) is 5.75. The summed E-state index contributed by atoms with van der Waals surface area (Å²) in [7, 11) is 1.61. The van der Waals surface area contributed by atoms with Crippen molar-refractivity contribution in [2.24, 2.45) is 5.41 Å². The molecule has 3 rings (SSSR count). The van der Waals surface area contributed by atoms with E-state index in [9.17, 15) is 15.0 Å². The van der Waals surface area contributed by atoms with Gasteiger partial charge in [0.1, 0.15) is 6.09 Å². The summed E-state index contributed by atoms with van der Waals surface area (Å²) in [5, 5.41) is 21.7. The van der Waals surface area contributed by atoms with Gasteiger partial charge < -0.3 is 29.4 Å². The van der Waals surface area contributed by atoms with Crippen LogP contribution in [-0.2, 0) is 0 Å². The number of carbonyl (C=O) groups excluding carboxylic acids is 1. The Kier molecular flexibility index (Phi) is 5.32. The molecule has 1 aliphatic heterocycles. The molecule has 26 heavy (non-hydrogen) atoms. The number of carbonyl (C=O) groups is 1. The Hall–Kier alpha value is -1.95. The fourth-order valence-corrected chi connectivity index (χ4v) is 4.25. The Bertz CT molecular complexity index is 656. The molecule has 0 aromatic heterocycles. The Morgan fingerprint density at radius 1 is 1.35 bits per heavy atom. The van der Waals surface area contributed by atoms with Crippen molar-refractivity contribution in [3.63, 3.8) is 0 Å². The number of aliphatic hydroxyl groups excluding tert-OH is 1. The van der Waals surface area contributed by atoms with E-state index in [1.165, 1.54) is 17.7 Å². The highest BCUT2D eigenvalue weighted by molar-refractivity contribution is 5.63. The van der Waals surface area contributed by atoms with E-state index in [1.807, 2.05) is 25.1 Å². The van der Waals surface area contributed by atoms with E-state index in [1.54, 1.807) is 14.0 Å². The molecule has 1 aromatic rings. The molecule has 6 heteroatoms. The van der Waals surface area contributed by atoms with Gasteiger partial charge in [0, 0.05) is 24.4 Å². The Labute approximate surface area is 154 Å². The molecule has 2 fully saturated rings. The van der Waals surface area contributed by atoms with Gasteiger partial charge in [-0.25, -0.2) is 0 Å². The maximum atomic E-state index is 11.4. The molecular weight excluding hydrogens is 334 g/mol. The molecule has 6 nitrogen and oxygen atoms in total. The number of rotatable bonds is 5. The van der Waals surface area contributed by atoms with E-state index in [0.717, 1.165) is 18.4 Å². The average Bonchev–Trinajstić information content (AvgIpc) is 3.23. The highest BCUT2D eigenvalue weighted by atomic mass is 16.5. The van der Waals surface area contributed by atoms with E-state index < -0.39 is 17.6 Å². The zero-order valence-corrected chi connectivity index (χ0v) is 15.7. The van der Waals surface area contributed by atoms with Gasteiger partial charge in [0.05, 0.1) is 19.3 Å². The Morgan fingerprint density at radius 3 is 2.62 bits per heavy atom. The SMILES string of the molecule is COc1ccc(C2CN(C(=O)[O-])CC2(C)C(C)O)cc1OC1CCCC1. The van der Waals surface area contributed by atoms with E-state index in [0.29, 0.717) is 18.0 Å². The Morgan fingerprint density at radius 2 is 2.04 bits per heavy atom. The summed E-state index contributed by atoms with van der Waals surface area (Å²) >= 11 is 0. The number of benzene rings is 1. The number of methoxy groups -OCH3 is 1. The maximum absolute atomic E-state index is 11.4. The second-order valence-electron chi connectivity index (χ2n) is 7.82. The lowest BCUT2D eigenvalue weighted by Crippen LogP contribution is -2.42. The molecule has 0 bridgehead atoms. The van der Waals surface area contributed by atoms with Crippen molar-refractivity contribution < 1.29 is 24.5 Å². The van der Waals surface area contributed by atoms with Crippen LogP contribution in [0, 0.1) is 5.41 Å². The number of nitrogens with zero attached hydrogens (tertiary/aromatic N) is 1. The van der Waals surface area contributed by atoms with Crippen molar-refractivity contribution >= 4 is 6.09 Å². The van der Waals surface area contributed by atoms with Crippen molar-refractivity contribution in [1.82, 2.24) is 4.90 Å². The summed E-state index contributed by atoms with van der Waals surface area (Å²) in [5.74, 6) is 1.23. The summed E-state index contributed by atoms with van der Waals surface area (Å²) in [4.78, 5) is 12.7. The minimum atomic E-state index is -1.20. The topological polar surface area (TPSA) is 82.1 Å². The van der Waals surface area contributed by atoms with Crippen molar-refractivity contribution in [1.29, 1.82) is 0 Å². The first-order chi connectivity index (χ1) is 12.3. The van der Waals surface area contributed by atoms with Crippen LogP contribution in [0.2, 0.25) is 0 Å². The van der Waals surface area contributed by atoms with Crippen LogP contribution < -0.4 is 14.6 Å². The molecule has 0 radical (unpaired) electrons. The highest BCUT2D eigenvalue weighted by Crippen LogP contribution is 2.47.